The third-order valence-corrected chi connectivity index (χ3v) is 7.93. The van der Waals surface area contributed by atoms with Crippen LogP contribution in [0, 0.1) is 5.92 Å². The maximum absolute atomic E-state index is 13.5. The van der Waals surface area contributed by atoms with Crippen molar-refractivity contribution in [2.24, 2.45) is 11.7 Å². The smallest absolute Gasteiger partial charge is 0.336 e. The number of amides is 3. The molecule has 2 aliphatic heterocycles. The van der Waals surface area contributed by atoms with E-state index in [4.69, 9.17) is 19.6 Å². The van der Waals surface area contributed by atoms with E-state index in [1.165, 1.54) is 4.90 Å². The number of primary amides is 1. The molecule has 43 heavy (non-hydrogen) atoms. The molecule has 224 valence electrons. The van der Waals surface area contributed by atoms with Crippen LogP contribution in [0.25, 0.3) is 0 Å². The molecular weight excluding hydrogens is 550 g/mol. The van der Waals surface area contributed by atoms with Gasteiger partial charge in [0.1, 0.15) is 17.3 Å². The minimum absolute atomic E-state index is 0.0432. The van der Waals surface area contributed by atoms with Gasteiger partial charge in [-0.05, 0) is 68.7 Å². The highest BCUT2D eigenvalue weighted by Crippen LogP contribution is 2.39. The number of allylic oxidation sites excluding steroid dienone is 1. The second-order valence-corrected chi connectivity index (χ2v) is 10.7. The van der Waals surface area contributed by atoms with Gasteiger partial charge in [0, 0.05) is 37.0 Å². The first-order valence-electron chi connectivity index (χ1n) is 14.4. The number of hydrogen-bond donors (Lipinski definition) is 1. The monoisotopic (exact) mass is 585 g/mol. The molecule has 10 nitrogen and oxygen atoms in total. The number of para-hydroxylation sites is 1. The van der Waals surface area contributed by atoms with Gasteiger partial charge in [0.05, 0.1) is 18.7 Å². The van der Waals surface area contributed by atoms with E-state index in [0.29, 0.717) is 54.5 Å². The highest BCUT2D eigenvalue weighted by atomic mass is 16.5. The van der Waals surface area contributed by atoms with Crippen LogP contribution in [0.4, 0.5) is 0 Å². The first kappa shape index (κ1) is 29.6. The maximum Gasteiger partial charge on any atom is 0.336 e. The highest BCUT2D eigenvalue weighted by molar-refractivity contribution is 5.96. The molecule has 0 radical (unpaired) electrons. The molecular formula is C33H35N3O7. The summed E-state index contributed by atoms with van der Waals surface area (Å²) >= 11 is 0. The first-order chi connectivity index (χ1) is 20.7. The molecule has 0 bridgehead atoms. The van der Waals surface area contributed by atoms with Crippen LogP contribution in [0.5, 0.6) is 11.5 Å². The van der Waals surface area contributed by atoms with Crippen LogP contribution in [0.15, 0.2) is 82.4 Å². The summed E-state index contributed by atoms with van der Waals surface area (Å²) in [4.78, 5) is 54.4. The van der Waals surface area contributed by atoms with Gasteiger partial charge < -0.3 is 29.4 Å². The minimum atomic E-state index is -0.529. The van der Waals surface area contributed by atoms with E-state index in [0.717, 1.165) is 5.56 Å². The Kier molecular flexibility index (Phi) is 8.94. The summed E-state index contributed by atoms with van der Waals surface area (Å²) in [6.45, 7) is 4.52. The Morgan fingerprint density at radius 2 is 1.70 bits per heavy atom. The van der Waals surface area contributed by atoms with Crippen LogP contribution in [0.3, 0.4) is 0 Å². The average molecular weight is 586 g/mol. The highest BCUT2D eigenvalue weighted by Gasteiger charge is 2.37. The van der Waals surface area contributed by atoms with E-state index < -0.39 is 11.9 Å². The molecule has 0 saturated carbocycles. The first-order valence-corrected chi connectivity index (χ1v) is 14.4. The lowest BCUT2D eigenvalue weighted by atomic mass is 9.83. The zero-order chi connectivity index (χ0) is 30.5. The van der Waals surface area contributed by atoms with Crippen LogP contribution in [0.2, 0.25) is 0 Å². The molecule has 10 heteroatoms. The molecule has 0 aliphatic carbocycles. The Morgan fingerprint density at radius 1 is 0.977 bits per heavy atom. The number of carbonyl (C=O) groups excluding carboxylic acids is 4. The fourth-order valence-electron chi connectivity index (χ4n) is 5.64. The van der Waals surface area contributed by atoms with Crippen molar-refractivity contribution in [1.29, 1.82) is 0 Å². The van der Waals surface area contributed by atoms with E-state index in [1.807, 2.05) is 54.6 Å². The third-order valence-electron chi connectivity index (χ3n) is 7.93. The van der Waals surface area contributed by atoms with Gasteiger partial charge in [0.15, 0.2) is 5.76 Å². The molecule has 1 aromatic heterocycles. The molecule has 5 rings (SSSR count). The van der Waals surface area contributed by atoms with Gasteiger partial charge in [-0.25, -0.2) is 4.79 Å². The molecule has 2 N–H and O–H groups in total. The largest absolute Gasteiger partial charge is 0.463 e. The number of nitrogens with zero attached hydrogens (tertiary/aromatic N) is 2. The summed E-state index contributed by atoms with van der Waals surface area (Å²) in [7, 11) is 0. The lowest BCUT2D eigenvalue weighted by Gasteiger charge is -2.34. The Hall–Kier alpha value is -4.86. The number of hydrogen-bond acceptors (Lipinski definition) is 7. The summed E-state index contributed by atoms with van der Waals surface area (Å²) in [6, 6.07) is 20.0. The lowest BCUT2D eigenvalue weighted by Crippen LogP contribution is -2.41. The van der Waals surface area contributed by atoms with E-state index >= 15 is 0 Å². The van der Waals surface area contributed by atoms with Gasteiger partial charge >= 0.3 is 5.97 Å². The molecule has 1 saturated heterocycles. The standard InChI is InChI=1S/C33H35N3O7/c1-3-41-33(40)30-21(2)36(20-26-12-13-28(43-26)32(39)35-16-14-22(15-17-35)31(34)38)29(37)19-27(30)23-8-7-11-25(18-23)42-24-9-5-4-6-10-24/h4-13,18,22,27H,3,14-17,19-20H2,1-2H3,(H2,34,38). The van der Waals surface area contributed by atoms with Crippen LogP contribution >= 0.6 is 0 Å². The van der Waals surface area contributed by atoms with Crippen molar-refractivity contribution in [3.63, 3.8) is 0 Å². The van der Waals surface area contributed by atoms with Crippen LogP contribution < -0.4 is 10.5 Å². The number of esters is 1. The molecule has 2 aliphatic rings. The zero-order valence-corrected chi connectivity index (χ0v) is 24.3. The maximum atomic E-state index is 13.5. The summed E-state index contributed by atoms with van der Waals surface area (Å²) in [6.07, 6.45) is 1.07. The second kappa shape index (κ2) is 13.0. The van der Waals surface area contributed by atoms with E-state index in [2.05, 4.69) is 0 Å². The molecule has 0 spiro atoms. The summed E-state index contributed by atoms with van der Waals surface area (Å²) in [5.74, 6) is -0.252. The van der Waals surface area contributed by atoms with Crippen molar-refractivity contribution in [2.75, 3.05) is 19.7 Å². The van der Waals surface area contributed by atoms with Gasteiger partial charge in [-0.2, -0.15) is 0 Å². The number of benzene rings is 2. The fourth-order valence-corrected chi connectivity index (χ4v) is 5.64. The number of piperidine rings is 1. The number of nitrogens with two attached hydrogens (primary N) is 1. The van der Waals surface area contributed by atoms with Crippen molar-refractivity contribution in [1.82, 2.24) is 9.80 Å². The third kappa shape index (κ3) is 6.63. The van der Waals surface area contributed by atoms with Crippen LogP contribution in [0.1, 0.15) is 60.9 Å². The molecule has 1 atom stereocenters. The molecule has 1 fully saturated rings. The number of rotatable bonds is 9. The minimum Gasteiger partial charge on any atom is -0.463 e. The van der Waals surface area contributed by atoms with Crippen molar-refractivity contribution in [3.05, 3.63) is 95.1 Å². The predicted molar refractivity (Wildman–Crippen MR) is 157 cm³/mol. The fraction of sp³-hybridized carbons (Fsp3) is 0.333. The number of ether oxygens (including phenoxy) is 2. The summed E-state index contributed by atoms with van der Waals surface area (Å²) in [5.41, 5.74) is 7.02. The average Bonchev–Trinajstić information content (AvgIpc) is 3.48. The van der Waals surface area contributed by atoms with E-state index in [9.17, 15) is 19.2 Å². The SMILES string of the molecule is CCOC(=O)C1=C(C)N(Cc2ccc(C(=O)N3CCC(C(N)=O)CC3)o2)C(=O)CC1c1cccc(Oc2ccccc2)c1. The van der Waals surface area contributed by atoms with Crippen molar-refractivity contribution >= 4 is 23.7 Å². The van der Waals surface area contributed by atoms with Crippen molar-refractivity contribution in [3.8, 4) is 11.5 Å². The van der Waals surface area contributed by atoms with Crippen molar-refractivity contribution in [2.45, 2.75) is 45.6 Å². The Balaban J connectivity index is 1.36. The number of carbonyl (C=O) groups is 4. The zero-order valence-electron chi connectivity index (χ0n) is 24.3. The Bertz CT molecular complexity index is 1540. The van der Waals surface area contributed by atoms with Gasteiger partial charge in [-0.3, -0.25) is 14.4 Å². The van der Waals surface area contributed by atoms with Gasteiger partial charge in [0.25, 0.3) is 5.91 Å². The molecule has 2 aromatic carbocycles. The topological polar surface area (TPSA) is 132 Å². The number of furan rings is 1. The van der Waals surface area contributed by atoms with Gasteiger partial charge in [-0.15, -0.1) is 0 Å². The van der Waals surface area contributed by atoms with Crippen molar-refractivity contribution < 1.29 is 33.1 Å². The van der Waals surface area contributed by atoms with Crippen LogP contribution in [-0.4, -0.2) is 53.2 Å². The Labute approximate surface area is 250 Å². The molecule has 3 amide bonds. The Morgan fingerprint density at radius 3 is 2.40 bits per heavy atom. The number of likely N-dealkylation sites (tertiary alicyclic amines) is 1. The summed E-state index contributed by atoms with van der Waals surface area (Å²) in [5, 5.41) is 0. The van der Waals surface area contributed by atoms with Crippen LogP contribution in [-0.2, 0) is 25.7 Å². The molecule has 1 unspecified atom stereocenters. The second-order valence-electron chi connectivity index (χ2n) is 10.7. The predicted octanol–water partition coefficient (Wildman–Crippen LogP) is 4.76. The van der Waals surface area contributed by atoms with E-state index in [1.54, 1.807) is 30.9 Å². The van der Waals surface area contributed by atoms with E-state index in [-0.39, 0.29) is 49.0 Å². The quantitative estimate of drug-likeness (QED) is 0.358. The summed E-state index contributed by atoms with van der Waals surface area (Å²) < 4.78 is 17.3. The van der Waals surface area contributed by atoms with Gasteiger partial charge in [-0.1, -0.05) is 30.3 Å². The molecule has 3 aromatic rings. The molecule has 3 heterocycles. The normalized spacial score (nSPS) is 17.6. The lowest BCUT2D eigenvalue weighted by molar-refractivity contribution is -0.140. The van der Waals surface area contributed by atoms with Gasteiger partial charge in [0.2, 0.25) is 11.8 Å².